The first-order valence-electron chi connectivity index (χ1n) is 5.09. The normalized spacial score (nSPS) is 24.2. The van der Waals surface area contributed by atoms with E-state index in [2.05, 4.69) is 10.3 Å². The third-order valence-corrected chi connectivity index (χ3v) is 4.36. The van der Waals surface area contributed by atoms with Gasteiger partial charge in [0.25, 0.3) is 0 Å². The van der Waals surface area contributed by atoms with Crippen molar-refractivity contribution in [3.8, 4) is 0 Å². The van der Waals surface area contributed by atoms with E-state index < -0.39 is 9.84 Å². The van der Waals surface area contributed by atoms with Crippen LogP contribution in [0.1, 0.15) is 19.4 Å². The lowest BCUT2D eigenvalue weighted by atomic mass is 10.2. The summed E-state index contributed by atoms with van der Waals surface area (Å²) >= 11 is 0. The van der Waals surface area contributed by atoms with Crippen LogP contribution in [0.3, 0.4) is 0 Å². The van der Waals surface area contributed by atoms with E-state index in [0.29, 0.717) is 12.2 Å². The maximum Gasteiger partial charge on any atom is 0.203 e. The Kier molecular flexibility index (Phi) is 2.68. The second-order valence-electron chi connectivity index (χ2n) is 3.75. The standard InChI is InChI=1S/C9H15N3O2S/c1-2-10-9-11-4-5-12(9)8-3-6-15(13,14)7-8/h4-5,8H,2-3,6-7H2,1H3,(H,10,11). The molecule has 5 nitrogen and oxygen atoms in total. The Balaban J connectivity index is 2.20. The molecule has 1 unspecified atom stereocenters. The van der Waals surface area contributed by atoms with Gasteiger partial charge < -0.3 is 9.88 Å². The molecule has 1 aromatic rings. The van der Waals surface area contributed by atoms with Crippen molar-refractivity contribution < 1.29 is 8.42 Å². The van der Waals surface area contributed by atoms with E-state index in [-0.39, 0.29) is 11.8 Å². The van der Waals surface area contributed by atoms with Crippen molar-refractivity contribution in [3.05, 3.63) is 12.4 Å². The number of hydrogen-bond acceptors (Lipinski definition) is 4. The van der Waals surface area contributed by atoms with Crippen molar-refractivity contribution in [2.45, 2.75) is 19.4 Å². The van der Waals surface area contributed by atoms with Gasteiger partial charge in [-0.1, -0.05) is 0 Å². The molecule has 0 saturated carbocycles. The number of anilines is 1. The molecule has 0 aliphatic carbocycles. The van der Waals surface area contributed by atoms with E-state index in [4.69, 9.17) is 0 Å². The summed E-state index contributed by atoms with van der Waals surface area (Å²) in [5.41, 5.74) is 0. The molecule has 0 aromatic carbocycles. The minimum atomic E-state index is -2.83. The molecule has 1 aliphatic heterocycles. The fourth-order valence-corrected chi connectivity index (χ4v) is 3.61. The van der Waals surface area contributed by atoms with Crippen LogP contribution in [0.15, 0.2) is 12.4 Å². The van der Waals surface area contributed by atoms with E-state index in [0.717, 1.165) is 12.5 Å². The van der Waals surface area contributed by atoms with Gasteiger partial charge in [0.05, 0.1) is 17.5 Å². The highest BCUT2D eigenvalue weighted by atomic mass is 32.2. The molecule has 1 saturated heterocycles. The largest absolute Gasteiger partial charge is 0.356 e. The number of nitrogens with zero attached hydrogens (tertiary/aromatic N) is 2. The summed E-state index contributed by atoms with van der Waals surface area (Å²) in [6, 6.07) is 0.0477. The van der Waals surface area contributed by atoms with Gasteiger partial charge in [-0.15, -0.1) is 0 Å². The number of aromatic nitrogens is 2. The minimum Gasteiger partial charge on any atom is -0.356 e. The fourth-order valence-electron chi connectivity index (χ4n) is 1.90. The zero-order chi connectivity index (χ0) is 10.9. The van der Waals surface area contributed by atoms with Gasteiger partial charge in [-0.2, -0.15) is 0 Å². The second-order valence-corrected chi connectivity index (χ2v) is 5.97. The first kappa shape index (κ1) is 10.5. The van der Waals surface area contributed by atoms with Crippen LogP contribution < -0.4 is 5.32 Å². The predicted octanol–water partition coefficient (Wildman–Crippen LogP) is 0.674. The molecule has 6 heteroatoms. The Bertz CT molecular complexity index is 438. The van der Waals surface area contributed by atoms with Gasteiger partial charge in [-0.25, -0.2) is 13.4 Å². The molecular weight excluding hydrogens is 214 g/mol. The molecule has 15 heavy (non-hydrogen) atoms. The summed E-state index contributed by atoms with van der Waals surface area (Å²) in [4.78, 5) is 4.16. The van der Waals surface area contributed by atoms with E-state index >= 15 is 0 Å². The lowest BCUT2D eigenvalue weighted by molar-refractivity contribution is 0.560. The van der Waals surface area contributed by atoms with Crippen LogP contribution in [0.2, 0.25) is 0 Å². The van der Waals surface area contributed by atoms with Crippen LogP contribution in [0, 0.1) is 0 Å². The molecule has 2 rings (SSSR count). The topological polar surface area (TPSA) is 64.0 Å². The quantitative estimate of drug-likeness (QED) is 0.827. The zero-order valence-corrected chi connectivity index (χ0v) is 9.50. The fraction of sp³-hybridized carbons (Fsp3) is 0.667. The average molecular weight is 229 g/mol. The molecule has 1 aliphatic rings. The smallest absolute Gasteiger partial charge is 0.203 e. The summed E-state index contributed by atoms with van der Waals surface area (Å²) in [5, 5.41) is 3.12. The first-order valence-corrected chi connectivity index (χ1v) is 6.91. The summed E-state index contributed by atoms with van der Waals surface area (Å²) in [7, 11) is -2.83. The van der Waals surface area contributed by atoms with Gasteiger partial charge in [-0.05, 0) is 13.3 Å². The Labute approximate surface area is 89.4 Å². The number of nitrogens with one attached hydrogen (secondary N) is 1. The summed E-state index contributed by atoms with van der Waals surface area (Å²) in [6.45, 7) is 2.78. The third-order valence-electron chi connectivity index (χ3n) is 2.61. The average Bonchev–Trinajstić information content (AvgIpc) is 2.72. The molecule has 0 amide bonds. The van der Waals surface area contributed by atoms with Gasteiger partial charge in [0.2, 0.25) is 5.95 Å². The summed E-state index contributed by atoms with van der Waals surface area (Å²) in [6.07, 6.45) is 4.23. The van der Waals surface area contributed by atoms with Gasteiger partial charge >= 0.3 is 0 Å². The van der Waals surface area contributed by atoms with Crippen molar-refractivity contribution in [3.63, 3.8) is 0 Å². The SMILES string of the molecule is CCNc1nccn1C1CCS(=O)(=O)C1. The third kappa shape index (κ3) is 2.14. The Morgan fingerprint density at radius 1 is 1.67 bits per heavy atom. The second kappa shape index (κ2) is 3.84. The number of rotatable bonds is 3. The summed E-state index contributed by atoms with van der Waals surface area (Å²) < 4.78 is 24.6. The molecule has 84 valence electrons. The van der Waals surface area contributed by atoms with Crippen LogP contribution in [0.5, 0.6) is 0 Å². The lowest BCUT2D eigenvalue weighted by Crippen LogP contribution is -2.14. The van der Waals surface area contributed by atoms with Crippen molar-refractivity contribution >= 4 is 15.8 Å². The van der Waals surface area contributed by atoms with Crippen LogP contribution in [-0.4, -0.2) is 36.0 Å². The number of hydrogen-bond donors (Lipinski definition) is 1. The van der Waals surface area contributed by atoms with Crippen LogP contribution in [-0.2, 0) is 9.84 Å². The van der Waals surface area contributed by atoms with E-state index in [9.17, 15) is 8.42 Å². The first-order chi connectivity index (χ1) is 7.12. The van der Waals surface area contributed by atoms with Crippen LogP contribution in [0.25, 0.3) is 0 Å². The highest BCUT2D eigenvalue weighted by Gasteiger charge is 2.29. The van der Waals surface area contributed by atoms with Crippen molar-refractivity contribution in [2.24, 2.45) is 0 Å². The van der Waals surface area contributed by atoms with Gasteiger partial charge in [0.15, 0.2) is 9.84 Å². The highest BCUT2D eigenvalue weighted by molar-refractivity contribution is 7.91. The van der Waals surface area contributed by atoms with Gasteiger partial charge in [0, 0.05) is 18.9 Å². The lowest BCUT2D eigenvalue weighted by Gasteiger charge is -2.13. The Morgan fingerprint density at radius 3 is 3.07 bits per heavy atom. The van der Waals surface area contributed by atoms with Crippen molar-refractivity contribution in [2.75, 3.05) is 23.4 Å². The predicted molar refractivity (Wildman–Crippen MR) is 58.7 cm³/mol. The monoisotopic (exact) mass is 229 g/mol. The van der Waals surface area contributed by atoms with E-state index in [1.54, 1.807) is 6.20 Å². The molecule has 0 radical (unpaired) electrons. The molecule has 1 atom stereocenters. The maximum absolute atomic E-state index is 11.4. The maximum atomic E-state index is 11.4. The van der Waals surface area contributed by atoms with Gasteiger partial charge in [-0.3, -0.25) is 0 Å². The molecule has 0 spiro atoms. The van der Waals surface area contributed by atoms with Crippen LogP contribution >= 0.6 is 0 Å². The van der Waals surface area contributed by atoms with Crippen LogP contribution in [0.4, 0.5) is 5.95 Å². The Hall–Kier alpha value is -1.04. The number of imidazole rings is 1. The van der Waals surface area contributed by atoms with Crippen molar-refractivity contribution in [1.82, 2.24) is 9.55 Å². The zero-order valence-electron chi connectivity index (χ0n) is 8.68. The molecule has 1 N–H and O–H groups in total. The van der Waals surface area contributed by atoms with E-state index in [1.165, 1.54) is 0 Å². The molecule has 1 aromatic heterocycles. The minimum absolute atomic E-state index is 0.0477. The molecular formula is C9H15N3O2S. The van der Waals surface area contributed by atoms with Gasteiger partial charge in [0.1, 0.15) is 0 Å². The molecule has 0 bridgehead atoms. The molecule has 2 heterocycles. The number of sulfone groups is 1. The van der Waals surface area contributed by atoms with E-state index in [1.807, 2.05) is 17.7 Å². The summed E-state index contributed by atoms with van der Waals surface area (Å²) in [5.74, 6) is 1.29. The van der Waals surface area contributed by atoms with Crippen molar-refractivity contribution in [1.29, 1.82) is 0 Å². The Morgan fingerprint density at radius 2 is 2.47 bits per heavy atom. The molecule has 1 fully saturated rings. The highest BCUT2D eigenvalue weighted by Crippen LogP contribution is 2.26.